The fourth-order valence-electron chi connectivity index (χ4n) is 6.82. The Morgan fingerprint density at radius 2 is 1.65 bits per heavy atom. The lowest BCUT2D eigenvalue weighted by Gasteiger charge is -2.65. The first-order valence-electron chi connectivity index (χ1n) is 9.78. The molecule has 1 aromatic carbocycles. The number of ether oxygens (including phenoxy) is 1. The molecule has 4 fully saturated rings. The van der Waals surface area contributed by atoms with E-state index in [4.69, 9.17) is 16.3 Å². The molecular formula is C22H30ClNO2. The zero-order valence-electron chi connectivity index (χ0n) is 16.3. The van der Waals surface area contributed by atoms with Crippen molar-refractivity contribution in [2.45, 2.75) is 77.4 Å². The molecule has 0 aromatic heterocycles. The third kappa shape index (κ3) is 3.24. The molecular weight excluding hydrogens is 346 g/mol. The monoisotopic (exact) mass is 375 g/mol. The SMILES string of the molecule is CC(C)(Oc1ccc(Cl)cc1)C(=O)NC12CC3C[C@](C)(C1)C[C@](C)(C3)C2. The van der Waals surface area contributed by atoms with Gasteiger partial charge in [-0.05, 0) is 93.4 Å². The number of nitrogens with one attached hydrogen (secondary N) is 1. The van der Waals surface area contributed by atoms with E-state index in [1.807, 2.05) is 26.0 Å². The maximum atomic E-state index is 13.2. The van der Waals surface area contributed by atoms with Crippen LogP contribution in [0.1, 0.15) is 66.2 Å². The lowest BCUT2D eigenvalue weighted by molar-refractivity contribution is -0.150. The van der Waals surface area contributed by atoms with Gasteiger partial charge >= 0.3 is 0 Å². The quantitative estimate of drug-likeness (QED) is 0.768. The van der Waals surface area contributed by atoms with Gasteiger partial charge in [-0.3, -0.25) is 4.79 Å². The van der Waals surface area contributed by atoms with Crippen LogP contribution in [0.2, 0.25) is 5.02 Å². The summed E-state index contributed by atoms with van der Waals surface area (Å²) in [7, 11) is 0. The molecule has 1 N–H and O–H groups in total. The first-order valence-corrected chi connectivity index (χ1v) is 10.2. The van der Waals surface area contributed by atoms with Crippen LogP contribution in [0.25, 0.3) is 0 Å². The lowest BCUT2D eigenvalue weighted by atomic mass is 9.42. The molecule has 4 heteroatoms. The van der Waals surface area contributed by atoms with Crippen LogP contribution in [0.4, 0.5) is 0 Å². The van der Waals surface area contributed by atoms with Crippen molar-refractivity contribution in [1.82, 2.24) is 5.32 Å². The normalized spacial score (nSPS) is 38.3. The molecule has 0 saturated heterocycles. The number of hydrogen-bond acceptors (Lipinski definition) is 2. The van der Waals surface area contributed by atoms with E-state index in [2.05, 4.69) is 19.2 Å². The summed E-state index contributed by atoms with van der Waals surface area (Å²) < 4.78 is 6.01. The van der Waals surface area contributed by atoms with Crippen LogP contribution in [0.3, 0.4) is 0 Å². The highest BCUT2D eigenvalue weighted by atomic mass is 35.5. The third-order valence-corrected chi connectivity index (χ3v) is 6.99. The van der Waals surface area contributed by atoms with Crippen LogP contribution in [0.15, 0.2) is 24.3 Å². The van der Waals surface area contributed by atoms with Crippen LogP contribution in [0.5, 0.6) is 5.75 Å². The van der Waals surface area contributed by atoms with Crippen LogP contribution in [-0.4, -0.2) is 17.0 Å². The van der Waals surface area contributed by atoms with Crippen molar-refractivity contribution in [3.8, 4) is 5.75 Å². The minimum Gasteiger partial charge on any atom is -0.478 e. The summed E-state index contributed by atoms with van der Waals surface area (Å²) in [5, 5.41) is 4.12. The Balaban J connectivity index is 1.51. The van der Waals surface area contributed by atoms with Crippen molar-refractivity contribution in [3.05, 3.63) is 29.3 Å². The van der Waals surface area contributed by atoms with E-state index in [1.165, 1.54) is 19.3 Å². The molecule has 5 rings (SSSR count). The zero-order valence-corrected chi connectivity index (χ0v) is 17.1. The fourth-order valence-corrected chi connectivity index (χ4v) is 6.95. The predicted molar refractivity (Wildman–Crippen MR) is 104 cm³/mol. The molecule has 0 radical (unpaired) electrons. The molecule has 142 valence electrons. The van der Waals surface area contributed by atoms with E-state index in [9.17, 15) is 4.79 Å². The van der Waals surface area contributed by atoms with Gasteiger partial charge in [-0.1, -0.05) is 25.4 Å². The fraction of sp³-hybridized carbons (Fsp3) is 0.682. The highest BCUT2D eigenvalue weighted by Crippen LogP contribution is 2.66. The minimum atomic E-state index is -0.918. The highest BCUT2D eigenvalue weighted by molar-refractivity contribution is 6.30. The average molecular weight is 376 g/mol. The minimum absolute atomic E-state index is 0.0124. The lowest BCUT2D eigenvalue weighted by Crippen LogP contribution is -2.67. The van der Waals surface area contributed by atoms with E-state index < -0.39 is 5.60 Å². The van der Waals surface area contributed by atoms with Gasteiger partial charge < -0.3 is 10.1 Å². The Hall–Kier alpha value is -1.22. The summed E-state index contributed by atoms with van der Waals surface area (Å²) in [5.41, 5.74) is -0.217. The van der Waals surface area contributed by atoms with Crippen molar-refractivity contribution in [2.24, 2.45) is 16.7 Å². The largest absolute Gasteiger partial charge is 0.478 e. The van der Waals surface area contributed by atoms with Crippen molar-refractivity contribution < 1.29 is 9.53 Å². The van der Waals surface area contributed by atoms with Crippen LogP contribution < -0.4 is 10.1 Å². The number of carbonyl (C=O) groups is 1. The Kier molecular flexibility index (Phi) is 3.94. The van der Waals surface area contributed by atoms with E-state index in [0.717, 1.165) is 25.2 Å². The van der Waals surface area contributed by atoms with Gasteiger partial charge in [0.25, 0.3) is 5.91 Å². The molecule has 1 amide bonds. The molecule has 4 bridgehead atoms. The standard InChI is InChI=1S/C22H30ClNO2/c1-19(2,26-17-7-5-16(23)6-8-17)18(25)24-22-11-15-9-20(3,13-22)12-21(4,10-15)14-22/h5-8,15H,9-14H2,1-4H3,(H,24,25)/t15?,20-,21-,22?/m0/s1. The Labute approximate surface area is 161 Å². The third-order valence-electron chi connectivity index (χ3n) is 6.74. The molecule has 0 spiro atoms. The molecule has 0 unspecified atom stereocenters. The number of benzene rings is 1. The van der Waals surface area contributed by atoms with Crippen molar-refractivity contribution in [1.29, 1.82) is 0 Å². The highest BCUT2D eigenvalue weighted by Gasteiger charge is 2.61. The van der Waals surface area contributed by atoms with Gasteiger partial charge in [0.1, 0.15) is 5.75 Å². The van der Waals surface area contributed by atoms with E-state index in [0.29, 0.717) is 21.6 Å². The molecule has 26 heavy (non-hydrogen) atoms. The molecule has 1 aromatic rings. The second-order valence-electron chi connectivity index (χ2n) is 10.4. The first kappa shape index (κ1) is 18.2. The topological polar surface area (TPSA) is 38.3 Å². The maximum Gasteiger partial charge on any atom is 0.264 e. The van der Waals surface area contributed by atoms with Gasteiger partial charge in [0.05, 0.1) is 0 Å². The summed E-state index contributed by atoms with van der Waals surface area (Å²) in [6.45, 7) is 8.54. The summed E-state index contributed by atoms with van der Waals surface area (Å²) in [6, 6.07) is 7.19. The van der Waals surface area contributed by atoms with Crippen molar-refractivity contribution in [2.75, 3.05) is 0 Å². The van der Waals surface area contributed by atoms with Gasteiger partial charge in [-0.2, -0.15) is 0 Å². The predicted octanol–water partition coefficient (Wildman–Crippen LogP) is 5.36. The average Bonchev–Trinajstić information content (AvgIpc) is 2.45. The number of hydrogen-bond donors (Lipinski definition) is 1. The van der Waals surface area contributed by atoms with Gasteiger partial charge in [0.2, 0.25) is 0 Å². The first-order chi connectivity index (χ1) is 12.0. The van der Waals surface area contributed by atoms with E-state index >= 15 is 0 Å². The van der Waals surface area contributed by atoms with Crippen LogP contribution in [0, 0.1) is 16.7 Å². The molecule has 3 nitrogen and oxygen atoms in total. The van der Waals surface area contributed by atoms with Crippen LogP contribution in [-0.2, 0) is 4.79 Å². The van der Waals surface area contributed by atoms with Gasteiger partial charge in [-0.25, -0.2) is 0 Å². The number of carbonyl (C=O) groups excluding carboxylic acids is 1. The number of halogens is 1. The molecule has 4 saturated carbocycles. The number of rotatable bonds is 4. The van der Waals surface area contributed by atoms with Gasteiger partial charge in [0.15, 0.2) is 5.60 Å². The maximum absolute atomic E-state index is 13.2. The smallest absolute Gasteiger partial charge is 0.264 e. The molecule has 0 aliphatic heterocycles. The second-order valence-corrected chi connectivity index (χ2v) is 10.9. The summed E-state index contributed by atoms with van der Waals surface area (Å²) in [6.07, 6.45) is 7.29. The van der Waals surface area contributed by atoms with Crippen LogP contribution >= 0.6 is 11.6 Å². The number of amides is 1. The molecule has 4 aliphatic carbocycles. The van der Waals surface area contributed by atoms with E-state index in [1.54, 1.807) is 12.1 Å². The molecule has 0 heterocycles. The molecule has 4 aliphatic rings. The zero-order chi connectivity index (χ0) is 18.8. The van der Waals surface area contributed by atoms with Crippen molar-refractivity contribution >= 4 is 17.5 Å². The Morgan fingerprint density at radius 3 is 2.19 bits per heavy atom. The van der Waals surface area contributed by atoms with E-state index in [-0.39, 0.29) is 11.4 Å². The van der Waals surface area contributed by atoms with Gasteiger partial charge in [-0.15, -0.1) is 0 Å². The second kappa shape index (κ2) is 5.64. The Morgan fingerprint density at radius 1 is 1.08 bits per heavy atom. The summed E-state index contributed by atoms with van der Waals surface area (Å²) in [5.74, 6) is 1.41. The van der Waals surface area contributed by atoms with Crippen molar-refractivity contribution in [3.63, 3.8) is 0 Å². The Bertz CT molecular complexity index is 708. The summed E-state index contributed by atoms with van der Waals surface area (Å²) in [4.78, 5) is 13.2. The summed E-state index contributed by atoms with van der Waals surface area (Å²) >= 11 is 5.94. The molecule has 2 atom stereocenters. The van der Waals surface area contributed by atoms with Gasteiger partial charge in [0, 0.05) is 10.6 Å².